The van der Waals surface area contributed by atoms with Crippen molar-refractivity contribution < 1.29 is 62.2 Å². The van der Waals surface area contributed by atoms with Crippen molar-refractivity contribution in [2.75, 3.05) is 24.7 Å². The van der Waals surface area contributed by atoms with Crippen molar-refractivity contribution in [3.63, 3.8) is 0 Å². The molecule has 0 radical (unpaired) electrons. The minimum absolute atomic E-state index is 0.0253. The third-order valence-electron chi connectivity index (χ3n) is 7.10. The Hall–Kier alpha value is -3.48. The Morgan fingerprint density at radius 3 is 2.20 bits per heavy atom. The van der Waals surface area contributed by atoms with E-state index in [4.69, 9.17) is 39.8 Å². The molecule has 6 rings (SSSR count). The highest BCUT2D eigenvalue weighted by Gasteiger charge is 2.51. The van der Waals surface area contributed by atoms with E-state index in [-0.39, 0.29) is 34.1 Å². The van der Waals surface area contributed by atoms with Crippen molar-refractivity contribution in [1.82, 2.24) is 39.0 Å². The van der Waals surface area contributed by atoms with Crippen LogP contribution in [-0.2, 0) is 32.2 Å². The van der Waals surface area contributed by atoms with Gasteiger partial charge in [0.05, 0.1) is 25.9 Å². The van der Waals surface area contributed by atoms with Crippen LogP contribution in [0.15, 0.2) is 23.8 Å². The number of rotatable bonds is 10. The van der Waals surface area contributed by atoms with Gasteiger partial charge in [0.1, 0.15) is 48.5 Å². The summed E-state index contributed by atoms with van der Waals surface area (Å²) in [4.78, 5) is 63.0. The number of aliphatic hydroxyl groups is 3. The minimum atomic E-state index is -5.19. The zero-order chi connectivity index (χ0) is 33.1. The number of imidazole rings is 2. The van der Waals surface area contributed by atoms with E-state index < -0.39 is 83.5 Å². The predicted molar refractivity (Wildman–Crippen MR) is 147 cm³/mol. The first kappa shape index (κ1) is 32.5. The first-order chi connectivity index (χ1) is 21.6. The van der Waals surface area contributed by atoms with E-state index in [1.807, 2.05) is 0 Å². The van der Waals surface area contributed by atoms with Crippen molar-refractivity contribution in [3.05, 3.63) is 29.3 Å². The molecule has 0 saturated carbocycles. The number of aliphatic hydroxyl groups excluding tert-OH is 3. The zero-order valence-corrected chi connectivity index (χ0v) is 24.7. The molecule has 24 nitrogen and oxygen atoms in total. The van der Waals surface area contributed by atoms with Crippen LogP contribution in [0.1, 0.15) is 12.5 Å². The lowest BCUT2D eigenvalue weighted by molar-refractivity contribution is -0.0613. The SMILES string of the molecule is Nc1nc2c(ncn2[C@@H]2O[C@H](COP(=O)(O)OC3C(O)[C@@H](COP(=O)(O)O)O[C@H]3n3cnc4c(N)ncnc43)C(O)C2O)c(=O)[nH]1. The van der Waals surface area contributed by atoms with Gasteiger partial charge in [-0.1, -0.05) is 0 Å². The molecule has 4 aromatic heterocycles. The number of fused-ring (bicyclic) bond motifs is 2. The fraction of sp³-hybridized carbons (Fsp3) is 0.500. The molecule has 0 spiro atoms. The summed E-state index contributed by atoms with van der Waals surface area (Å²) in [5, 5.41) is 32.2. The number of ether oxygens (including phenoxy) is 2. The molecule has 0 aliphatic carbocycles. The number of hydrogen-bond donors (Lipinski definition) is 9. The summed E-state index contributed by atoms with van der Waals surface area (Å²) in [5.41, 5.74) is 10.7. The van der Waals surface area contributed by atoms with Gasteiger partial charge in [-0.2, -0.15) is 4.98 Å². The molecular formula is C20H26N10O14P2. The lowest BCUT2D eigenvalue weighted by Crippen LogP contribution is -2.36. The smallest absolute Gasteiger partial charge is 0.387 e. The van der Waals surface area contributed by atoms with Gasteiger partial charge in [0, 0.05) is 0 Å². The second-order valence-corrected chi connectivity index (χ2v) is 12.7. The Bertz CT molecular complexity index is 1910. The van der Waals surface area contributed by atoms with Crippen molar-refractivity contribution in [1.29, 1.82) is 0 Å². The molecule has 2 aliphatic rings. The number of hydrogen-bond acceptors (Lipinski definition) is 18. The van der Waals surface area contributed by atoms with E-state index in [0.29, 0.717) is 0 Å². The molecule has 250 valence electrons. The molecule has 5 unspecified atom stereocenters. The van der Waals surface area contributed by atoms with Gasteiger partial charge in [-0.3, -0.25) is 32.5 Å². The summed E-state index contributed by atoms with van der Waals surface area (Å²) in [7, 11) is -10.2. The molecule has 0 bridgehead atoms. The third kappa shape index (κ3) is 6.14. The monoisotopic (exact) mass is 692 g/mol. The summed E-state index contributed by atoms with van der Waals surface area (Å²) in [6.45, 7) is -1.71. The molecule has 2 saturated heterocycles. The summed E-state index contributed by atoms with van der Waals surface area (Å²) in [6.07, 6.45) is -9.41. The number of phosphoric ester groups is 2. The molecule has 26 heteroatoms. The molecule has 2 fully saturated rings. The van der Waals surface area contributed by atoms with Gasteiger partial charge >= 0.3 is 15.6 Å². The Kier molecular flexibility index (Phi) is 8.43. The van der Waals surface area contributed by atoms with Gasteiger partial charge in [-0.05, 0) is 0 Å². The van der Waals surface area contributed by atoms with E-state index in [2.05, 4.69) is 34.4 Å². The van der Waals surface area contributed by atoms with Crippen LogP contribution < -0.4 is 17.0 Å². The topological polar surface area (TPSA) is 361 Å². The van der Waals surface area contributed by atoms with E-state index in [9.17, 15) is 34.1 Å². The van der Waals surface area contributed by atoms with Crippen molar-refractivity contribution in [2.45, 2.75) is 49.1 Å². The summed E-state index contributed by atoms with van der Waals surface area (Å²) < 4.78 is 52.7. The summed E-state index contributed by atoms with van der Waals surface area (Å²) in [5.74, 6) is -0.278. The molecule has 0 amide bonds. The van der Waals surface area contributed by atoms with Crippen molar-refractivity contribution >= 4 is 49.7 Å². The molecule has 2 aliphatic heterocycles. The maximum Gasteiger partial charge on any atom is 0.472 e. The maximum atomic E-state index is 13.1. The number of nitrogen functional groups attached to an aromatic ring is 2. The highest BCUT2D eigenvalue weighted by Crippen LogP contribution is 2.50. The summed E-state index contributed by atoms with van der Waals surface area (Å²) in [6, 6.07) is 0. The predicted octanol–water partition coefficient (Wildman–Crippen LogP) is -3.39. The lowest BCUT2D eigenvalue weighted by atomic mass is 10.1. The largest absolute Gasteiger partial charge is 0.472 e. The van der Waals surface area contributed by atoms with Crippen LogP contribution in [-0.4, -0.2) is 119 Å². The van der Waals surface area contributed by atoms with Gasteiger partial charge < -0.3 is 50.9 Å². The van der Waals surface area contributed by atoms with Crippen LogP contribution in [0.25, 0.3) is 22.3 Å². The molecular weight excluding hydrogens is 666 g/mol. The van der Waals surface area contributed by atoms with E-state index in [1.165, 1.54) is 4.57 Å². The van der Waals surface area contributed by atoms with E-state index in [0.717, 1.165) is 23.5 Å². The van der Waals surface area contributed by atoms with Gasteiger partial charge in [-0.15, -0.1) is 0 Å². The summed E-state index contributed by atoms with van der Waals surface area (Å²) >= 11 is 0. The number of aromatic nitrogens is 8. The number of nitrogens with zero attached hydrogens (tertiary/aromatic N) is 7. The molecule has 9 atom stereocenters. The van der Waals surface area contributed by atoms with Gasteiger partial charge in [0.2, 0.25) is 5.95 Å². The average molecular weight is 692 g/mol. The van der Waals surface area contributed by atoms with E-state index in [1.54, 1.807) is 0 Å². The quantitative estimate of drug-likeness (QED) is 0.0731. The lowest BCUT2D eigenvalue weighted by Gasteiger charge is -2.25. The maximum absolute atomic E-state index is 13.1. The molecule has 6 heterocycles. The molecule has 11 N–H and O–H groups in total. The Morgan fingerprint density at radius 2 is 1.48 bits per heavy atom. The Labute approximate surface area is 254 Å². The minimum Gasteiger partial charge on any atom is -0.387 e. The van der Waals surface area contributed by atoms with Crippen LogP contribution in [0.3, 0.4) is 0 Å². The van der Waals surface area contributed by atoms with Crippen LogP contribution in [0, 0.1) is 0 Å². The van der Waals surface area contributed by atoms with Crippen LogP contribution >= 0.6 is 15.6 Å². The van der Waals surface area contributed by atoms with Crippen molar-refractivity contribution in [3.8, 4) is 0 Å². The van der Waals surface area contributed by atoms with Gasteiger partial charge in [-0.25, -0.2) is 29.1 Å². The van der Waals surface area contributed by atoms with Crippen LogP contribution in [0.2, 0.25) is 0 Å². The first-order valence-corrected chi connectivity index (χ1v) is 16.0. The zero-order valence-electron chi connectivity index (χ0n) is 22.9. The average Bonchev–Trinajstić information content (AvgIpc) is 3.73. The van der Waals surface area contributed by atoms with Crippen molar-refractivity contribution in [2.24, 2.45) is 0 Å². The number of aromatic amines is 1. The normalized spacial score (nSPS) is 30.0. The highest BCUT2D eigenvalue weighted by atomic mass is 31.2. The fourth-order valence-electron chi connectivity index (χ4n) is 5.00. The second-order valence-electron chi connectivity index (χ2n) is 10.1. The van der Waals surface area contributed by atoms with Crippen LogP contribution in [0.4, 0.5) is 11.8 Å². The number of phosphoric acid groups is 2. The van der Waals surface area contributed by atoms with E-state index >= 15 is 0 Å². The number of H-pyrrole nitrogens is 1. The number of anilines is 2. The van der Waals surface area contributed by atoms with Crippen LogP contribution in [0.5, 0.6) is 0 Å². The Morgan fingerprint density at radius 1 is 0.848 bits per heavy atom. The standard InChI is InChI=1S/C20H26N10O14P2/c21-14-8-15(24-3-23-14)29(4-25-8)19-13(11(32)7(43-19)1-40-45(35,36)37)44-46(38,39)41-2-6-10(31)12(33)18(42-6)30-5-26-9-16(30)27-20(22)28-17(9)34/h3-7,10-13,18-19,31-33H,1-2H2,(H,38,39)(H2,21,23,24)(H2,35,36,37)(H3,22,27,28,34)/t6-,7-,10?,11?,12?,13?,18-,19-/m1/s1. The highest BCUT2D eigenvalue weighted by molar-refractivity contribution is 7.47. The molecule has 4 aromatic rings. The number of nitrogens with two attached hydrogens (primary N) is 2. The fourth-order valence-corrected chi connectivity index (χ4v) is 6.27. The third-order valence-corrected chi connectivity index (χ3v) is 8.57. The van der Waals surface area contributed by atoms with Gasteiger partial charge in [0.15, 0.2) is 35.1 Å². The first-order valence-electron chi connectivity index (χ1n) is 13.0. The second kappa shape index (κ2) is 12.0. The molecule has 46 heavy (non-hydrogen) atoms. The Balaban J connectivity index is 1.20. The van der Waals surface area contributed by atoms with Gasteiger partial charge in [0.25, 0.3) is 5.56 Å². The molecule has 0 aromatic carbocycles. The number of nitrogens with one attached hydrogen (secondary N) is 1.